The molecule has 1 rings (SSSR count). The average molecular weight is 243 g/mol. The molecule has 0 saturated carbocycles. The number of amides is 1. The lowest BCUT2D eigenvalue weighted by Crippen LogP contribution is -2.35. The van der Waals surface area contributed by atoms with E-state index in [1.54, 1.807) is 6.92 Å². The molecule has 1 heterocycles. The van der Waals surface area contributed by atoms with Crippen LogP contribution in [0, 0.1) is 0 Å². The number of hydrogen-bond acceptors (Lipinski definition) is 3. The standard InChI is InChI=1S/C10H11ClN2O3/c1-2-13(6-9(14)15)10(16)7-3-4-12-8(11)5-7/h3-5H,2,6H2,1H3,(H,14,15). The fourth-order valence-corrected chi connectivity index (χ4v) is 1.38. The van der Waals surface area contributed by atoms with Crippen LogP contribution >= 0.6 is 11.6 Å². The van der Waals surface area contributed by atoms with Crippen molar-refractivity contribution in [3.8, 4) is 0 Å². The van der Waals surface area contributed by atoms with E-state index in [2.05, 4.69) is 4.98 Å². The molecule has 1 amide bonds. The van der Waals surface area contributed by atoms with Crippen molar-refractivity contribution in [2.75, 3.05) is 13.1 Å². The largest absolute Gasteiger partial charge is 0.480 e. The van der Waals surface area contributed by atoms with Gasteiger partial charge in [0.2, 0.25) is 0 Å². The van der Waals surface area contributed by atoms with Crippen LogP contribution in [0.5, 0.6) is 0 Å². The van der Waals surface area contributed by atoms with E-state index in [0.717, 1.165) is 0 Å². The van der Waals surface area contributed by atoms with Crippen molar-refractivity contribution in [1.29, 1.82) is 0 Å². The predicted octanol–water partition coefficient (Wildman–Crippen LogP) is 1.28. The number of likely N-dealkylation sites (N-methyl/N-ethyl adjacent to an activating group) is 1. The molecule has 0 atom stereocenters. The van der Waals surface area contributed by atoms with Crippen LogP contribution in [0.15, 0.2) is 18.3 Å². The second-order valence-electron chi connectivity index (χ2n) is 3.08. The molecular weight excluding hydrogens is 232 g/mol. The molecule has 0 spiro atoms. The van der Waals surface area contributed by atoms with Crippen molar-refractivity contribution < 1.29 is 14.7 Å². The Labute approximate surface area is 97.7 Å². The van der Waals surface area contributed by atoms with Gasteiger partial charge in [0, 0.05) is 18.3 Å². The monoisotopic (exact) mass is 242 g/mol. The van der Waals surface area contributed by atoms with Gasteiger partial charge in [0.15, 0.2) is 0 Å². The summed E-state index contributed by atoms with van der Waals surface area (Å²) < 4.78 is 0. The van der Waals surface area contributed by atoms with Crippen LogP contribution in [0.3, 0.4) is 0 Å². The molecular formula is C10H11ClN2O3. The first-order valence-corrected chi connectivity index (χ1v) is 5.05. The van der Waals surface area contributed by atoms with Crippen LogP contribution in [0.1, 0.15) is 17.3 Å². The summed E-state index contributed by atoms with van der Waals surface area (Å²) in [7, 11) is 0. The zero-order valence-corrected chi connectivity index (χ0v) is 9.44. The Kier molecular flexibility index (Phi) is 4.25. The van der Waals surface area contributed by atoms with Gasteiger partial charge in [0.05, 0.1) is 0 Å². The molecule has 16 heavy (non-hydrogen) atoms. The Bertz CT molecular complexity index is 409. The van der Waals surface area contributed by atoms with Crippen LogP contribution in [-0.4, -0.2) is 40.0 Å². The summed E-state index contributed by atoms with van der Waals surface area (Å²) in [5, 5.41) is 8.84. The Hall–Kier alpha value is -1.62. The molecule has 0 aliphatic heterocycles. The topological polar surface area (TPSA) is 70.5 Å². The van der Waals surface area contributed by atoms with Crippen LogP contribution < -0.4 is 0 Å². The van der Waals surface area contributed by atoms with Gasteiger partial charge in [-0.05, 0) is 19.1 Å². The average Bonchev–Trinajstić information content (AvgIpc) is 2.24. The summed E-state index contributed by atoms with van der Waals surface area (Å²) in [5.41, 5.74) is 0.336. The molecule has 0 unspecified atom stereocenters. The number of carboxylic acids is 1. The summed E-state index contributed by atoms with van der Waals surface area (Å²) >= 11 is 5.64. The number of hydrogen-bond donors (Lipinski definition) is 1. The molecule has 0 radical (unpaired) electrons. The van der Waals surface area contributed by atoms with Crippen molar-refractivity contribution in [2.45, 2.75) is 6.92 Å². The highest BCUT2D eigenvalue weighted by atomic mass is 35.5. The lowest BCUT2D eigenvalue weighted by Gasteiger charge is -2.18. The molecule has 1 N–H and O–H groups in total. The van der Waals surface area contributed by atoms with E-state index < -0.39 is 5.97 Å². The normalized spacial score (nSPS) is 9.88. The van der Waals surface area contributed by atoms with Crippen LogP contribution in [0.4, 0.5) is 0 Å². The third-order valence-electron chi connectivity index (χ3n) is 1.97. The first-order valence-electron chi connectivity index (χ1n) is 4.67. The summed E-state index contributed by atoms with van der Waals surface area (Å²) in [4.78, 5) is 27.3. The molecule has 0 aliphatic rings. The minimum absolute atomic E-state index is 0.206. The predicted molar refractivity (Wildman–Crippen MR) is 58.5 cm³/mol. The molecule has 1 aromatic heterocycles. The van der Waals surface area contributed by atoms with Gasteiger partial charge in [-0.1, -0.05) is 11.6 Å². The molecule has 0 aromatic carbocycles. The summed E-state index contributed by atoms with van der Waals surface area (Å²) in [6, 6.07) is 2.91. The van der Waals surface area contributed by atoms with Gasteiger partial charge < -0.3 is 10.0 Å². The molecule has 0 aliphatic carbocycles. The third kappa shape index (κ3) is 3.20. The summed E-state index contributed by atoms with van der Waals surface area (Å²) in [5.74, 6) is -1.41. The number of rotatable bonds is 4. The quantitative estimate of drug-likeness (QED) is 0.808. The smallest absolute Gasteiger partial charge is 0.323 e. The maximum Gasteiger partial charge on any atom is 0.323 e. The number of carbonyl (C=O) groups excluding carboxylic acids is 1. The molecule has 86 valence electrons. The Morgan fingerprint density at radius 2 is 2.25 bits per heavy atom. The number of aliphatic carboxylic acids is 1. The Morgan fingerprint density at radius 3 is 2.75 bits per heavy atom. The van der Waals surface area contributed by atoms with Crippen LogP contribution in [0.25, 0.3) is 0 Å². The van der Waals surface area contributed by atoms with Crippen molar-refractivity contribution in [2.24, 2.45) is 0 Å². The first kappa shape index (κ1) is 12.4. The minimum Gasteiger partial charge on any atom is -0.480 e. The molecule has 0 bridgehead atoms. The van der Waals surface area contributed by atoms with Crippen molar-refractivity contribution >= 4 is 23.5 Å². The van der Waals surface area contributed by atoms with E-state index in [4.69, 9.17) is 16.7 Å². The minimum atomic E-state index is -1.05. The lowest BCUT2D eigenvalue weighted by atomic mass is 10.2. The van der Waals surface area contributed by atoms with Gasteiger partial charge in [-0.25, -0.2) is 4.98 Å². The maximum atomic E-state index is 11.8. The highest BCUT2D eigenvalue weighted by Gasteiger charge is 2.16. The number of aromatic nitrogens is 1. The highest BCUT2D eigenvalue weighted by Crippen LogP contribution is 2.09. The molecule has 0 fully saturated rings. The number of nitrogens with zero attached hydrogens (tertiary/aromatic N) is 2. The van der Waals surface area contributed by atoms with Gasteiger partial charge in [0.25, 0.3) is 5.91 Å². The van der Waals surface area contributed by atoms with E-state index in [1.165, 1.54) is 23.2 Å². The second kappa shape index (κ2) is 5.46. The zero-order valence-electron chi connectivity index (χ0n) is 8.68. The second-order valence-corrected chi connectivity index (χ2v) is 3.47. The molecule has 6 heteroatoms. The SMILES string of the molecule is CCN(CC(=O)O)C(=O)c1ccnc(Cl)c1. The maximum absolute atomic E-state index is 11.8. The lowest BCUT2D eigenvalue weighted by molar-refractivity contribution is -0.137. The van der Waals surface area contributed by atoms with Crippen molar-refractivity contribution in [1.82, 2.24) is 9.88 Å². The fraction of sp³-hybridized carbons (Fsp3) is 0.300. The van der Waals surface area contributed by atoms with Gasteiger partial charge in [0.1, 0.15) is 11.7 Å². The summed E-state index contributed by atoms with van der Waals surface area (Å²) in [6.07, 6.45) is 1.41. The number of pyridine rings is 1. The third-order valence-corrected chi connectivity index (χ3v) is 2.18. The van der Waals surface area contributed by atoms with E-state index in [-0.39, 0.29) is 17.6 Å². The zero-order chi connectivity index (χ0) is 12.1. The van der Waals surface area contributed by atoms with Gasteiger partial charge >= 0.3 is 5.97 Å². The molecule has 1 aromatic rings. The highest BCUT2D eigenvalue weighted by molar-refractivity contribution is 6.29. The van der Waals surface area contributed by atoms with Gasteiger partial charge in [-0.2, -0.15) is 0 Å². The van der Waals surface area contributed by atoms with E-state index in [0.29, 0.717) is 12.1 Å². The molecule has 0 saturated heterocycles. The number of halogens is 1. The Balaban J connectivity index is 2.86. The van der Waals surface area contributed by atoms with Gasteiger partial charge in [-0.15, -0.1) is 0 Å². The van der Waals surface area contributed by atoms with Crippen LogP contribution in [-0.2, 0) is 4.79 Å². The Morgan fingerprint density at radius 1 is 1.56 bits per heavy atom. The number of carboxylic acid groups (broad SMARTS) is 1. The van der Waals surface area contributed by atoms with Crippen LogP contribution in [0.2, 0.25) is 5.15 Å². The summed E-state index contributed by atoms with van der Waals surface area (Å²) in [6.45, 7) is 1.71. The first-order chi connectivity index (χ1) is 7.54. The molecule has 5 nitrogen and oxygen atoms in total. The fourth-order valence-electron chi connectivity index (χ4n) is 1.21. The number of carbonyl (C=O) groups is 2. The van der Waals surface area contributed by atoms with E-state index >= 15 is 0 Å². The van der Waals surface area contributed by atoms with Crippen molar-refractivity contribution in [3.63, 3.8) is 0 Å². The van der Waals surface area contributed by atoms with Gasteiger partial charge in [-0.3, -0.25) is 9.59 Å². The van der Waals surface area contributed by atoms with E-state index in [9.17, 15) is 9.59 Å². The van der Waals surface area contributed by atoms with Crippen molar-refractivity contribution in [3.05, 3.63) is 29.0 Å². The van der Waals surface area contributed by atoms with E-state index in [1.807, 2.05) is 0 Å².